The van der Waals surface area contributed by atoms with Crippen molar-refractivity contribution in [3.63, 3.8) is 0 Å². The number of carbonyl (C=O) groups is 2. The van der Waals surface area contributed by atoms with Gasteiger partial charge >= 0.3 is 12.0 Å². The lowest BCUT2D eigenvalue weighted by Crippen LogP contribution is -2.47. The maximum absolute atomic E-state index is 12.8. The molecular formula is C40H40N4O6S. The minimum absolute atomic E-state index is 0.0181. The molecule has 3 N–H and O–H groups in total. The van der Waals surface area contributed by atoms with Crippen LogP contribution in [-0.4, -0.2) is 52.1 Å². The Kier molecular flexibility index (Phi) is 12.4. The van der Waals surface area contributed by atoms with Crippen molar-refractivity contribution < 1.29 is 28.9 Å². The molecule has 2 amide bonds. The molecule has 5 aromatic rings. The van der Waals surface area contributed by atoms with E-state index in [2.05, 4.69) is 26.7 Å². The van der Waals surface area contributed by atoms with Gasteiger partial charge in [-0.1, -0.05) is 103 Å². The molecule has 1 aliphatic heterocycles. The number of nitrogens with zero attached hydrogens (tertiary/aromatic N) is 2. The van der Waals surface area contributed by atoms with Gasteiger partial charge in [0, 0.05) is 43.1 Å². The molecule has 4 unspecified atom stereocenters. The molecule has 1 saturated heterocycles. The third-order valence-electron chi connectivity index (χ3n) is 8.50. The van der Waals surface area contributed by atoms with E-state index in [1.165, 1.54) is 7.11 Å². The van der Waals surface area contributed by atoms with Gasteiger partial charge in [-0.3, -0.25) is 0 Å². The van der Waals surface area contributed by atoms with E-state index in [0.717, 1.165) is 38.9 Å². The predicted molar refractivity (Wildman–Crippen MR) is 194 cm³/mol. The summed E-state index contributed by atoms with van der Waals surface area (Å²) in [5.41, 5.74) is 6.48. The number of thioether (sulfide) groups is 1. The van der Waals surface area contributed by atoms with Gasteiger partial charge in [-0.05, 0) is 51.6 Å². The second kappa shape index (κ2) is 17.7. The Morgan fingerprint density at radius 3 is 2.31 bits per heavy atom. The SMILES string of the molecule is COC(=O)C(Cc1ccccc1)NC(=O)NCc1cccc(-c2cccc(C3OC(CSc4ncccn4)CC(c4ccc(CO)cc4)O3)c2)c1. The molecule has 10 nitrogen and oxygen atoms in total. The second-order valence-corrected chi connectivity index (χ2v) is 13.1. The Balaban J connectivity index is 1.14. The van der Waals surface area contributed by atoms with Crippen LogP contribution in [0.5, 0.6) is 0 Å². The van der Waals surface area contributed by atoms with Gasteiger partial charge < -0.3 is 30.0 Å². The van der Waals surface area contributed by atoms with E-state index in [9.17, 15) is 14.7 Å². The zero-order chi connectivity index (χ0) is 35.4. The van der Waals surface area contributed by atoms with E-state index in [4.69, 9.17) is 14.2 Å². The molecule has 4 aromatic carbocycles. The molecule has 4 atom stereocenters. The summed E-state index contributed by atoms with van der Waals surface area (Å²) in [5, 5.41) is 15.9. The number of aromatic nitrogens is 2. The molecular weight excluding hydrogens is 665 g/mol. The summed E-state index contributed by atoms with van der Waals surface area (Å²) in [6, 6.07) is 33.8. The Morgan fingerprint density at radius 1 is 0.843 bits per heavy atom. The van der Waals surface area contributed by atoms with Crippen molar-refractivity contribution in [1.29, 1.82) is 0 Å². The molecule has 0 saturated carbocycles. The highest BCUT2D eigenvalue weighted by atomic mass is 32.2. The van der Waals surface area contributed by atoms with E-state index >= 15 is 0 Å². The number of benzene rings is 4. The summed E-state index contributed by atoms with van der Waals surface area (Å²) < 4.78 is 18.0. The van der Waals surface area contributed by atoms with E-state index in [1.54, 1.807) is 30.2 Å². The van der Waals surface area contributed by atoms with Crippen molar-refractivity contribution in [2.75, 3.05) is 12.9 Å². The zero-order valence-corrected chi connectivity index (χ0v) is 29.0. The number of hydrogen-bond acceptors (Lipinski definition) is 9. The number of nitrogens with one attached hydrogen (secondary N) is 2. The van der Waals surface area contributed by atoms with Crippen LogP contribution in [0.3, 0.4) is 0 Å². The smallest absolute Gasteiger partial charge is 0.328 e. The standard InChI is InChI=1S/C40H40N4O6S/c1-48-37(46)35(21-27-8-3-2-4-9-27)44-39(47)43-24-29-10-5-11-31(20-29)32-12-6-13-33(22-32)38-49-34(26-51-40-41-18-7-19-42-40)23-36(50-38)30-16-14-28(25-45)15-17-30/h2-20,22,34-36,38,45H,21,23-26H2,1H3,(H2,43,44,47). The van der Waals surface area contributed by atoms with Gasteiger partial charge in [-0.25, -0.2) is 19.6 Å². The van der Waals surface area contributed by atoms with Gasteiger partial charge in [0.25, 0.3) is 0 Å². The molecule has 51 heavy (non-hydrogen) atoms. The number of hydrogen-bond donors (Lipinski definition) is 3. The molecule has 1 aromatic heterocycles. The Morgan fingerprint density at radius 2 is 1.57 bits per heavy atom. The molecule has 1 aliphatic rings. The third kappa shape index (κ3) is 10.0. The lowest BCUT2D eigenvalue weighted by molar-refractivity contribution is -0.245. The summed E-state index contributed by atoms with van der Waals surface area (Å²) >= 11 is 1.55. The molecule has 2 heterocycles. The normalized spacial score (nSPS) is 17.6. The van der Waals surface area contributed by atoms with E-state index in [0.29, 0.717) is 23.8 Å². The van der Waals surface area contributed by atoms with Crippen molar-refractivity contribution in [3.05, 3.63) is 149 Å². The second-order valence-electron chi connectivity index (χ2n) is 12.1. The first-order valence-corrected chi connectivity index (χ1v) is 17.7. The average molecular weight is 705 g/mol. The van der Waals surface area contributed by atoms with Crippen LogP contribution in [0.1, 0.15) is 46.6 Å². The van der Waals surface area contributed by atoms with Crippen LogP contribution in [0.4, 0.5) is 4.79 Å². The first-order valence-electron chi connectivity index (χ1n) is 16.7. The molecule has 0 spiro atoms. The number of aliphatic hydroxyl groups excluding tert-OH is 1. The van der Waals surface area contributed by atoms with Crippen molar-refractivity contribution in [2.45, 2.75) is 55.7 Å². The lowest BCUT2D eigenvalue weighted by atomic mass is 9.99. The molecule has 262 valence electrons. The monoisotopic (exact) mass is 704 g/mol. The number of methoxy groups -OCH3 is 1. The van der Waals surface area contributed by atoms with Crippen molar-refractivity contribution >= 4 is 23.8 Å². The number of urea groups is 1. The van der Waals surface area contributed by atoms with Crippen molar-refractivity contribution in [3.8, 4) is 11.1 Å². The molecule has 11 heteroatoms. The van der Waals surface area contributed by atoms with Crippen LogP contribution < -0.4 is 10.6 Å². The quantitative estimate of drug-likeness (QED) is 0.0709. The average Bonchev–Trinajstić information content (AvgIpc) is 3.19. The van der Waals surface area contributed by atoms with Crippen LogP contribution >= 0.6 is 11.8 Å². The Labute approximate surface area is 301 Å². The number of esters is 1. The lowest BCUT2D eigenvalue weighted by Gasteiger charge is -2.36. The highest BCUT2D eigenvalue weighted by Gasteiger charge is 2.32. The summed E-state index contributed by atoms with van der Waals surface area (Å²) in [6.07, 6.45) is 3.48. The number of amides is 2. The van der Waals surface area contributed by atoms with E-state index < -0.39 is 24.3 Å². The summed E-state index contributed by atoms with van der Waals surface area (Å²) in [4.78, 5) is 33.9. The molecule has 0 aliphatic carbocycles. The predicted octanol–water partition coefficient (Wildman–Crippen LogP) is 6.56. The van der Waals surface area contributed by atoms with Gasteiger partial charge in [0.1, 0.15) is 6.04 Å². The number of ether oxygens (including phenoxy) is 3. The van der Waals surface area contributed by atoms with Gasteiger partial charge in [0.15, 0.2) is 11.4 Å². The maximum atomic E-state index is 12.8. The van der Waals surface area contributed by atoms with E-state index in [-0.39, 0.29) is 25.4 Å². The van der Waals surface area contributed by atoms with Crippen LogP contribution in [0, 0.1) is 0 Å². The largest absolute Gasteiger partial charge is 0.467 e. The molecule has 0 bridgehead atoms. The van der Waals surface area contributed by atoms with Gasteiger partial charge in [0.05, 0.1) is 25.9 Å². The fourth-order valence-corrected chi connectivity index (χ4v) is 6.67. The summed E-state index contributed by atoms with van der Waals surface area (Å²) in [5.74, 6) is 0.146. The van der Waals surface area contributed by atoms with Crippen molar-refractivity contribution in [1.82, 2.24) is 20.6 Å². The number of aliphatic hydroxyl groups is 1. The topological polar surface area (TPSA) is 132 Å². The molecule has 0 radical (unpaired) electrons. The molecule has 1 fully saturated rings. The third-order valence-corrected chi connectivity index (χ3v) is 9.51. The highest BCUT2D eigenvalue weighted by molar-refractivity contribution is 7.99. The van der Waals surface area contributed by atoms with Gasteiger partial charge in [0.2, 0.25) is 0 Å². The Bertz CT molecular complexity index is 1880. The van der Waals surface area contributed by atoms with Crippen LogP contribution in [0.15, 0.2) is 127 Å². The van der Waals surface area contributed by atoms with E-state index in [1.807, 2.05) is 97.1 Å². The zero-order valence-electron chi connectivity index (χ0n) is 28.2. The van der Waals surface area contributed by atoms with Gasteiger partial charge in [-0.2, -0.15) is 0 Å². The highest BCUT2D eigenvalue weighted by Crippen LogP contribution is 2.40. The first-order chi connectivity index (χ1) is 25.0. The minimum Gasteiger partial charge on any atom is -0.467 e. The molecule has 6 rings (SSSR count). The van der Waals surface area contributed by atoms with Gasteiger partial charge in [-0.15, -0.1) is 0 Å². The maximum Gasteiger partial charge on any atom is 0.328 e. The fraction of sp³-hybridized carbons (Fsp3) is 0.250. The van der Waals surface area contributed by atoms with Crippen LogP contribution in [0.25, 0.3) is 11.1 Å². The van der Waals surface area contributed by atoms with Crippen LogP contribution in [0.2, 0.25) is 0 Å². The fourth-order valence-electron chi connectivity index (χ4n) is 5.85. The summed E-state index contributed by atoms with van der Waals surface area (Å²) in [7, 11) is 1.31. The van der Waals surface area contributed by atoms with Crippen LogP contribution in [-0.2, 0) is 38.6 Å². The summed E-state index contributed by atoms with van der Waals surface area (Å²) in [6.45, 7) is 0.240. The number of rotatable bonds is 13. The minimum atomic E-state index is -0.819. The first kappa shape index (κ1) is 35.7. The number of carbonyl (C=O) groups excluding carboxylic acids is 2. The Hall–Kier alpha value is -5.07. The van der Waals surface area contributed by atoms with Crippen molar-refractivity contribution in [2.24, 2.45) is 0 Å².